The van der Waals surface area contributed by atoms with E-state index in [1.165, 1.54) is 57.8 Å². The molecule has 0 bridgehead atoms. The maximum atomic E-state index is 3.78. The van der Waals surface area contributed by atoms with Crippen LogP contribution in [0.4, 0.5) is 0 Å². The van der Waals surface area contributed by atoms with Crippen LogP contribution in [0.1, 0.15) is 78.6 Å². The van der Waals surface area contributed by atoms with Gasteiger partial charge in [-0.05, 0) is 37.6 Å². The van der Waals surface area contributed by atoms with Crippen LogP contribution in [0.25, 0.3) is 0 Å². The monoisotopic (exact) mass is 225 g/mol. The molecule has 16 heavy (non-hydrogen) atoms. The molecule has 1 nitrogen and oxygen atoms in total. The van der Waals surface area contributed by atoms with E-state index in [0.29, 0.717) is 5.41 Å². The lowest BCUT2D eigenvalue weighted by atomic mass is 9.74. The largest absolute Gasteiger partial charge is 0.314 e. The molecule has 1 heteroatoms. The summed E-state index contributed by atoms with van der Waals surface area (Å²) in [5.41, 5.74) is 0.643. The first-order valence-corrected chi connectivity index (χ1v) is 7.52. The van der Waals surface area contributed by atoms with E-state index in [0.717, 1.165) is 12.6 Å². The predicted molar refractivity (Wildman–Crippen MR) is 72.8 cm³/mol. The van der Waals surface area contributed by atoms with Crippen molar-refractivity contribution < 1.29 is 0 Å². The third-order valence-corrected chi connectivity index (χ3v) is 4.59. The van der Waals surface area contributed by atoms with Gasteiger partial charge in [0, 0.05) is 6.04 Å². The first kappa shape index (κ1) is 14.0. The minimum Gasteiger partial charge on any atom is -0.314 e. The van der Waals surface area contributed by atoms with Gasteiger partial charge in [-0.15, -0.1) is 0 Å². The molecule has 0 aliphatic heterocycles. The van der Waals surface area contributed by atoms with Gasteiger partial charge in [0.05, 0.1) is 0 Å². The molecule has 1 unspecified atom stereocenters. The van der Waals surface area contributed by atoms with E-state index in [-0.39, 0.29) is 0 Å². The summed E-state index contributed by atoms with van der Waals surface area (Å²) in [7, 11) is 0. The van der Waals surface area contributed by atoms with Crippen molar-refractivity contribution in [1.82, 2.24) is 5.32 Å². The van der Waals surface area contributed by atoms with Gasteiger partial charge in [-0.2, -0.15) is 0 Å². The molecule has 0 radical (unpaired) electrons. The molecule has 0 aromatic rings. The van der Waals surface area contributed by atoms with Gasteiger partial charge in [-0.1, -0.05) is 52.9 Å². The average Bonchev–Trinajstić information content (AvgIpc) is 2.78. The molecule has 0 amide bonds. The summed E-state index contributed by atoms with van der Waals surface area (Å²) in [6, 6.07) is 0.788. The zero-order chi connectivity index (χ0) is 11.9. The molecule has 0 aromatic carbocycles. The van der Waals surface area contributed by atoms with E-state index < -0.39 is 0 Å². The first-order chi connectivity index (χ1) is 7.79. The van der Waals surface area contributed by atoms with E-state index in [4.69, 9.17) is 0 Å². The Morgan fingerprint density at radius 3 is 2.25 bits per heavy atom. The lowest BCUT2D eigenvalue weighted by molar-refractivity contribution is 0.175. The minimum absolute atomic E-state index is 0.643. The zero-order valence-electron chi connectivity index (χ0n) is 11.6. The van der Waals surface area contributed by atoms with Gasteiger partial charge >= 0.3 is 0 Å². The summed E-state index contributed by atoms with van der Waals surface area (Å²) >= 11 is 0. The fourth-order valence-corrected chi connectivity index (χ4v) is 3.50. The molecule has 0 spiro atoms. The lowest BCUT2D eigenvalue weighted by Crippen LogP contribution is -2.43. The van der Waals surface area contributed by atoms with Crippen molar-refractivity contribution in [2.24, 2.45) is 5.41 Å². The van der Waals surface area contributed by atoms with Crippen molar-refractivity contribution in [2.45, 2.75) is 84.6 Å². The average molecular weight is 225 g/mol. The van der Waals surface area contributed by atoms with E-state index in [1.807, 2.05) is 0 Å². The molecule has 0 saturated heterocycles. The Bertz CT molecular complexity index is 170. The third kappa shape index (κ3) is 3.48. The molecule has 1 fully saturated rings. The Morgan fingerprint density at radius 2 is 1.75 bits per heavy atom. The second-order valence-electron chi connectivity index (χ2n) is 5.53. The van der Waals surface area contributed by atoms with Crippen LogP contribution in [0, 0.1) is 5.41 Å². The second kappa shape index (κ2) is 7.32. The minimum atomic E-state index is 0.643. The van der Waals surface area contributed by atoms with Crippen molar-refractivity contribution in [3.05, 3.63) is 0 Å². The molecule has 1 atom stereocenters. The maximum absolute atomic E-state index is 3.78. The van der Waals surface area contributed by atoms with Gasteiger partial charge in [-0.25, -0.2) is 0 Å². The van der Waals surface area contributed by atoms with Crippen molar-refractivity contribution in [3.8, 4) is 0 Å². The molecule has 96 valence electrons. The lowest BCUT2D eigenvalue weighted by Gasteiger charge is -2.38. The summed E-state index contributed by atoms with van der Waals surface area (Å²) < 4.78 is 0. The second-order valence-corrected chi connectivity index (χ2v) is 5.53. The molecule has 1 aliphatic rings. The Hall–Kier alpha value is -0.0400. The number of nitrogens with one attached hydrogen (secondary N) is 1. The number of hydrogen-bond acceptors (Lipinski definition) is 1. The summed E-state index contributed by atoms with van der Waals surface area (Å²) in [6.45, 7) is 8.09. The van der Waals surface area contributed by atoms with Gasteiger partial charge < -0.3 is 5.32 Å². The summed E-state index contributed by atoms with van der Waals surface area (Å²) in [5, 5.41) is 3.78. The van der Waals surface area contributed by atoms with Crippen LogP contribution in [0.15, 0.2) is 0 Å². The van der Waals surface area contributed by atoms with E-state index in [9.17, 15) is 0 Å². The van der Waals surface area contributed by atoms with Crippen LogP contribution in [-0.4, -0.2) is 12.6 Å². The Morgan fingerprint density at radius 1 is 1.06 bits per heavy atom. The smallest absolute Gasteiger partial charge is 0.0123 e. The van der Waals surface area contributed by atoms with Crippen LogP contribution in [0.3, 0.4) is 0 Å². The predicted octanol–water partition coefficient (Wildman–Crippen LogP) is 4.52. The topological polar surface area (TPSA) is 12.0 Å². The van der Waals surface area contributed by atoms with Crippen molar-refractivity contribution >= 4 is 0 Å². The Labute approximate surface area is 102 Å². The van der Waals surface area contributed by atoms with E-state index in [2.05, 4.69) is 26.1 Å². The summed E-state index contributed by atoms with van der Waals surface area (Å²) in [5.74, 6) is 0. The van der Waals surface area contributed by atoms with Crippen molar-refractivity contribution in [2.75, 3.05) is 6.54 Å². The summed E-state index contributed by atoms with van der Waals surface area (Å²) in [6.07, 6.45) is 12.8. The Kier molecular flexibility index (Phi) is 6.41. The van der Waals surface area contributed by atoms with Crippen LogP contribution in [0.2, 0.25) is 0 Å². The zero-order valence-corrected chi connectivity index (χ0v) is 11.6. The molecular formula is C15H31N. The number of unbranched alkanes of at least 4 members (excludes halogenated alkanes) is 2. The number of rotatable bonds is 8. The first-order valence-electron chi connectivity index (χ1n) is 7.52. The summed E-state index contributed by atoms with van der Waals surface area (Å²) in [4.78, 5) is 0. The van der Waals surface area contributed by atoms with Crippen LogP contribution < -0.4 is 5.32 Å². The number of hydrogen-bond donors (Lipinski definition) is 1. The highest BCUT2D eigenvalue weighted by atomic mass is 14.9. The SMILES string of the molecule is CCCCCC(NCC)C1(CC)CCCC1. The fourth-order valence-electron chi connectivity index (χ4n) is 3.50. The molecule has 1 saturated carbocycles. The van der Waals surface area contributed by atoms with Crippen molar-refractivity contribution in [3.63, 3.8) is 0 Å². The molecular weight excluding hydrogens is 194 g/mol. The quantitative estimate of drug-likeness (QED) is 0.599. The van der Waals surface area contributed by atoms with E-state index in [1.54, 1.807) is 0 Å². The van der Waals surface area contributed by atoms with Gasteiger partial charge in [0.1, 0.15) is 0 Å². The van der Waals surface area contributed by atoms with Crippen molar-refractivity contribution in [1.29, 1.82) is 0 Å². The normalized spacial score (nSPS) is 21.2. The third-order valence-electron chi connectivity index (χ3n) is 4.59. The van der Waals surface area contributed by atoms with Crippen LogP contribution >= 0.6 is 0 Å². The molecule has 1 N–H and O–H groups in total. The molecule has 1 aliphatic carbocycles. The highest BCUT2D eigenvalue weighted by molar-refractivity contribution is 4.93. The molecule has 0 heterocycles. The van der Waals surface area contributed by atoms with Gasteiger partial charge in [0.25, 0.3) is 0 Å². The Balaban J connectivity index is 2.51. The van der Waals surface area contributed by atoms with Crippen LogP contribution in [0.5, 0.6) is 0 Å². The van der Waals surface area contributed by atoms with Gasteiger partial charge in [0.2, 0.25) is 0 Å². The molecule has 0 aromatic heterocycles. The maximum Gasteiger partial charge on any atom is 0.0123 e. The van der Waals surface area contributed by atoms with Gasteiger partial charge in [0.15, 0.2) is 0 Å². The highest BCUT2D eigenvalue weighted by Crippen LogP contribution is 2.45. The standard InChI is InChI=1S/C15H31N/c1-4-7-8-11-14(16-6-3)15(5-2)12-9-10-13-15/h14,16H,4-13H2,1-3H3. The van der Waals surface area contributed by atoms with Gasteiger partial charge in [-0.3, -0.25) is 0 Å². The fraction of sp³-hybridized carbons (Fsp3) is 1.00. The van der Waals surface area contributed by atoms with E-state index >= 15 is 0 Å². The molecule has 1 rings (SSSR count). The highest BCUT2D eigenvalue weighted by Gasteiger charge is 2.38. The van der Waals surface area contributed by atoms with Crippen LogP contribution in [-0.2, 0) is 0 Å².